The molecule has 0 unspecified atom stereocenters. The van der Waals surface area contributed by atoms with E-state index in [-0.39, 0.29) is 11.9 Å². The first-order valence-corrected chi connectivity index (χ1v) is 10.7. The van der Waals surface area contributed by atoms with Crippen molar-refractivity contribution < 1.29 is 9.53 Å². The van der Waals surface area contributed by atoms with E-state index in [1.54, 1.807) is 0 Å². The molecular formula is C22H25Cl2N3O2. The van der Waals surface area contributed by atoms with Crippen molar-refractivity contribution in [1.29, 1.82) is 0 Å². The van der Waals surface area contributed by atoms with Crippen LogP contribution in [0.25, 0.3) is 0 Å². The number of ether oxygens (including phenoxy) is 1. The van der Waals surface area contributed by atoms with Gasteiger partial charge in [-0.15, -0.1) is 0 Å². The van der Waals surface area contributed by atoms with Crippen LogP contribution in [0.5, 0.6) is 0 Å². The highest BCUT2D eigenvalue weighted by molar-refractivity contribution is 6.36. The molecule has 3 heterocycles. The van der Waals surface area contributed by atoms with Crippen molar-refractivity contribution in [1.82, 2.24) is 9.88 Å². The summed E-state index contributed by atoms with van der Waals surface area (Å²) >= 11 is 12.7. The summed E-state index contributed by atoms with van der Waals surface area (Å²) in [6.45, 7) is 4.43. The Morgan fingerprint density at radius 1 is 1.14 bits per heavy atom. The molecule has 29 heavy (non-hydrogen) atoms. The van der Waals surface area contributed by atoms with E-state index in [2.05, 4.69) is 26.9 Å². The van der Waals surface area contributed by atoms with Gasteiger partial charge in [0, 0.05) is 41.8 Å². The van der Waals surface area contributed by atoms with Crippen LogP contribution in [0.1, 0.15) is 29.9 Å². The molecule has 2 fully saturated rings. The lowest BCUT2D eigenvalue weighted by molar-refractivity contribution is -0.147. The van der Waals surface area contributed by atoms with Crippen LogP contribution < -0.4 is 4.90 Å². The Balaban J connectivity index is 1.29. The highest BCUT2D eigenvalue weighted by Crippen LogP contribution is 2.38. The maximum Gasteiger partial charge on any atom is 0.308 e. The van der Waals surface area contributed by atoms with Gasteiger partial charge in [0.2, 0.25) is 0 Å². The Hall–Kier alpha value is -1.82. The van der Waals surface area contributed by atoms with Crippen LogP contribution in [0, 0.1) is 5.92 Å². The molecule has 2 saturated heterocycles. The van der Waals surface area contributed by atoms with Crippen LogP contribution in [-0.4, -0.2) is 49.1 Å². The third kappa shape index (κ3) is 4.52. The molecule has 0 N–H and O–H groups in total. The van der Waals surface area contributed by atoms with E-state index in [1.165, 1.54) is 12.7 Å². The predicted octanol–water partition coefficient (Wildman–Crippen LogP) is 4.38. The van der Waals surface area contributed by atoms with Crippen molar-refractivity contribution in [3.8, 4) is 0 Å². The minimum Gasteiger partial charge on any atom is -0.469 e. The van der Waals surface area contributed by atoms with Crippen molar-refractivity contribution >= 4 is 35.0 Å². The Kier molecular flexibility index (Phi) is 6.28. The fourth-order valence-electron chi connectivity index (χ4n) is 4.20. The SMILES string of the molecule is COC(=O)C1CCN(Cc2ccc(N3CC(c4c(Cl)cccc4Cl)C3)nc2)CC1. The number of benzene rings is 1. The molecule has 0 bridgehead atoms. The Bertz CT molecular complexity index is 841. The number of carbonyl (C=O) groups excluding carboxylic acids is 1. The molecule has 4 rings (SSSR count). The maximum atomic E-state index is 11.6. The number of rotatable bonds is 5. The number of hydrogen-bond donors (Lipinski definition) is 0. The molecule has 0 aliphatic carbocycles. The number of halogens is 2. The largest absolute Gasteiger partial charge is 0.469 e. The number of pyridine rings is 1. The summed E-state index contributed by atoms with van der Waals surface area (Å²) in [5.41, 5.74) is 2.23. The molecule has 7 heteroatoms. The smallest absolute Gasteiger partial charge is 0.308 e. The molecule has 0 radical (unpaired) electrons. The van der Waals surface area contributed by atoms with Gasteiger partial charge < -0.3 is 9.64 Å². The number of likely N-dealkylation sites (tertiary alicyclic amines) is 1. The number of methoxy groups -OCH3 is 1. The zero-order valence-corrected chi connectivity index (χ0v) is 18.0. The number of anilines is 1. The molecule has 2 aromatic rings. The Morgan fingerprint density at radius 3 is 2.41 bits per heavy atom. The third-order valence-corrected chi connectivity index (χ3v) is 6.61. The van der Waals surface area contributed by atoms with Crippen molar-refractivity contribution in [2.75, 3.05) is 38.2 Å². The van der Waals surface area contributed by atoms with Gasteiger partial charge in [-0.3, -0.25) is 9.69 Å². The molecular weight excluding hydrogens is 409 g/mol. The fourth-order valence-corrected chi connectivity index (χ4v) is 4.90. The van der Waals surface area contributed by atoms with Crippen molar-refractivity contribution in [3.63, 3.8) is 0 Å². The number of esters is 1. The maximum absolute atomic E-state index is 11.6. The van der Waals surface area contributed by atoms with Crippen molar-refractivity contribution in [2.24, 2.45) is 5.92 Å². The Labute approximate surface area is 181 Å². The first-order chi connectivity index (χ1) is 14.0. The second kappa shape index (κ2) is 8.90. The Morgan fingerprint density at radius 2 is 1.83 bits per heavy atom. The quantitative estimate of drug-likeness (QED) is 0.654. The lowest BCUT2D eigenvalue weighted by Gasteiger charge is -2.41. The molecule has 0 amide bonds. The number of aromatic nitrogens is 1. The lowest BCUT2D eigenvalue weighted by Crippen LogP contribution is -2.45. The fraction of sp³-hybridized carbons (Fsp3) is 0.455. The van der Waals surface area contributed by atoms with Crippen LogP contribution in [0.15, 0.2) is 36.5 Å². The minimum atomic E-state index is -0.0819. The number of carbonyl (C=O) groups is 1. The zero-order chi connectivity index (χ0) is 20.4. The van der Waals surface area contributed by atoms with Crippen LogP contribution in [0.4, 0.5) is 5.82 Å². The standard InChI is InChI=1S/C22H25Cl2N3O2/c1-29-22(28)16-7-9-26(10-8-16)12-15-5-6-20(25-11-15)27-13-17(14-27)21-18(23)3-2-4-19(21)24/h2-6,11,16-17H,7-10,12-14H2,1H3. The molecule has 0 spiro atoms. The molecule has 2 aliphatic heterocycles. The number of nitrogens with zero attached hydrogens (tertiary/aromatic N) is 3. The van der Waals surface area contributed by atoms with Gasteiger partial charge in [-0.1, -0.05) is 35.3 Å². The summed E-state index contributed by atoms with van der Waals surface area (Å²) in [4.78, 5) is 20.9. The molecule has 0 saturated carbocycles. The second-order valence-electron chi connectivity index (χ2n) is 7.84. The zero-order valence-electron chi connectivity index (χ0n) is 16.5. The van der Waals surface area contributed by atoms with E-state index in [9.17, 15) is 4.79 Å². The highest BCUT2D eigenvalue weighted by atomic mass is 35.5. The normalized spacial score (nSPS) is 18.5. The van der Waals surface area contributed by atoms with Gasteiger partial charge in [-0.05, 0) is 55.3 Å². The third-order valence-electron chi connectivity index (χ3n) is 5.95. The second-order valence-corrected chi connectivity index (χ2v) is 8.65. The van der Waals surface area contributed by atoms with Gasteiger partial charge in [0.1, 0.15) is 5.82 Å². The summed E-state index contributed by atoms with van der Waals surface area (Å²) in [5.74, 6) is 1.29. The van der Waals surface area contributed by atoms with Crippen LogP contribution in [0.3, 0.4) is 0 Å². The summed E-state index contributed by atoms with van der Waals surface area (Å²) in [7, 11) is 1.46. The van der Waals surface area contributed by atoms with Crippen LogP contribution in [0.2, 0.25) is 10.0 Å². The summed E-state index contributed by atoms with van der Waals surface area (Å²) in [6.07, 6.45) is 3.67. The van der Waals surface area contributed by atoms with Gasteiger partial charge in [0.05, 0.1) is 13.0 Å². The van der Waals surface area contributed by atoms with E-state index in [0.717, 1.165) is 67.0 Å². The van der Waals surface area contributed by atoms with E-state index >= 15 is 0 Å². The summed E-state index contributed by atoms with van der Waals surface area (Å²) in [5, 5.41) is 1.47. The van der Waals surface area contributed by atoms with Gasteiger partial charge in [-0.25, -0.2) is 4.98 Å². The average Bonchev–Trinajstić information content (AvgIpc) is 2.70. The van der Waals surface area contributed by atoms with Crippen molar-refractivity contribution in [2.45, 2.75) is 25.3 Å². The van der Waals surface area contributed by atoms with Gasteiger partial charge in [-0.2, -0.15) is 0 Å². The number of hydrogen-bond acceptors (Lipinski definition) is 5. The van der Waals surface area contributed by atoms with E-state index in [4.69, 9.17) is 27.9 Å². The molecule has 1 aromatic heterocycles. The first-order valence-electron chi connectivity index (χ1n) is 9.99. The lowest BCUT2D eigenvalue weighted by atomic mass is 9.91. The monoisotopic (exact) mass is 433 g/mol. The van der Waals surface area contributed by atoms with E-state index in [1.807, 2.05) is 24.4 Å². The van der Waals surface area contributed by atoms with Gasteiger partial charge in [0.15, 0.2) is 0 Å². The molecule has 2 aliphatic rings. The van der Waals surface area contributed by atoms with Crippen LogP contribution >= 0.6 is 23.2 Å². The molecule has 0 atom stereocenters. The van der Waals surface area contributed by atoms with Crippen LogP contribution in [-0.2, 0) is 16.1 Å². The topological polar surface area (TPSA) is 45.7 Å². The van der Waals surface area contributed by atoms with Gasteiger partial charge >= 0.3 is 5.97 Å². The highest BCUT2D eigenvalue weighted by Gasteiger charge is 2.32. The molecule has 1 aromatic carbocycles. The summed E-state index contributed by atoms with van der Waals surface area (Å²) < 4.78 is 4.86. The first kappa shape index (κ1) is 20.5. The number of piperidine rings is 1. The summed E-state index contributed by atoms with van der Waals surface area (Å²) in [6, 6.07) is 9.90. The van der Waals surface area contributed by atoms with E-state index in [0.29, 0.717) is 5.92 Å². The molecule has 154 valence electrons. The van der Waals surface area contributed by atoms with Crippen molar-refractivity contribution in [3.05, 3.63) is 57.7 Å². The minimum absolute atomic E-state index is 0.0442. The molecule has 5 nitrogen and oxygen atoms in total. The van der Waals surface area contributed by atoms with Gasteiger partial charge in [0.25, 0.3) is 0 Å². The van der Waals surface area contributed by atoms with E-state index < -0.39 is 0 Å². The average molecular weight is 434 g/mol. The predicted molar refractivity (Wildman–Crippen MR) is 116 cm³/mol.